The lowest BCUT2D eigenvalue weighted by molar-refractivity contribution is -0.113. The van der Waals surface area contributed by atoms with E-state index in [0.717, 1.165) is 11.3 Å². The maximum atomic E-state index is 12.6. The quantitative estimate of drug-likeness (QED) is 0.307. The summed E-state index contributed by atoms with van der Waals surface area (Å²) in [7, 11) is 1.57. The predicted molar refractivity (Wildman–Crippen MR) is 134 cm³/mol. The number of anilines is 1. The molecular weight excluding hydrogens is 472 g/mol. The van der Waals surface area contributed by atoms with E-state index in [0.29, 0.717) is 33.2 Å². The van der Waals surface area contributed by atoms with E-state index in [1.807, 2.05) is 66.1 Å². The zero-order valence-corrected chi connectivity index (χ0v) is 20.3. The van der Waals surface area contributed by atoms with E-state index in [1.54, 1.807) is 25.3 Å². The van der Waals surface area contributed by atoms with Gasteiger partial charge in [0.1, 0.15) is 18.1 Å². The van der Waals surface area contributed by atoms with Crippen LogP contribution in [0.25, 0.3) is 5.69 Å². The SMILES string of the molecule is COc1ccccc1NC(=O)CSc1nnc(COc2ccc(Cl)c(C)c2)n1-c1ccccc1. The molecule has 4 rings (SSSR count). The van der Waals surface area contributed by atoms with E-state index in [9.17, 15) is 4.79 Å². The Kier molecular flexibility index (Phi) is 7.72. The van der Waals surface area contributed by atoms with Crippen LogP contribution in [-0.2, 0) is 11.4 Å². The van der Waals surface area contributed by atoms with Gasteiger partial charge in [0.25, 0.3) is 0 Å². The third-order valence-electron chi connectivity index (χ3n) is 4.93. The minimum Gasteiger partial charge on any atom is -0.495 e. The number of nitrogens with zero attached hydrogens (tertiary/aromatic N) is 3. The number of nitrogens with one attached hydrogen (secondary N) is 1. The first-order valence-electron chi connectivity index (χ1n) is 10.5. The smallest absolute Gasteiger partial charge is 0.234 e. The summed E-state index contributed by atoms with van der Waals surface area (Å²) in [5, 5.41) is 12.8. The van der Waals surface area contributed by atoms with E-state index in [2.05, 4.69) is 15.5 Å². The molecule has 1 aromatic heterocycles. The van der Waals surface area contributed by atoms with Gasteiger partial charge in [-0.3, -0.25) is 9.36 Å². The standard InChI is InChI=1S/C25H23ClN4O3S/c1-17-14-19(12-13-20(17)26)33-15-23-28-29-25(30(23)18-8-4-3-5-9-18)34-16-24(31)27-21-10-6-7-11-22(21)32-2/h3-14H,15-16H2,1-2H3,(H,27,31). The number of methoxy groups -OCH3 is 1. The Hall–Kier alpha value is -3.49. The van der Waals surface area contributed by atoms with Crippen LogP contribution in [0.4, 0.5) is 5.69 Å². The first-order valence-corrected chi connectivity index (χ1v) is 11.9. The molecule has 4 aromatic rings. The average molecular weight is 495 g/mol. The van der Waals surface area contributed by atoms with Crippen LogP contribution in [0.2, 0.25) is 5.02 Å². The number of ether oxygens (including phenoxy) is 2. The van der Waals surface area contributed by atoms with Gasteiger partial charge in [-0.1, -0.05) is 53.7 Å². The summed E-state index contributed by atoms with van der Waals surface area (Å²) in [6.45, 7) is 2.13. The molecule has 7 nitrogen and oxygen atoms in total. The van der Waals surface area contributed by atoms with Crippen LogP contribution in [0.3, 0.4) is 0 Å². The van der Waals surface area contributed by atoms with Crippen molar-refractivity contribution in [3.8, 4) is 17.2 Å². The molecule has 34 heavy (non-hydrogen) atoms. The zero-order valence-electron chi connectivity index (χ0n) is 18.7. The van der Waals surface area contributed by atoms with Crippen molar-refractivity contribution in [2.45, 2.75) is 18.7 Å². The maximum Gasteiger partial charge on any atom is 0.234 e. The van der Waals surface area contributed by atoms with Crippen LogP contribution >= 0.6 is 23.4 Å². The monoisotopic (exact) mass is 494 g/mol. The average Bonchev–Trinajstić information content (AvgIpc) is 3.27. The number of benzene rings is 3. The lowest BCUT2D eigenvalue weighted by Gasteiger charge is -2.12. The van der Waals surface area contributed by atoms with Crippen molar-refractivity contribution < 1.29 is 14.3 Å². The molecule has 9 heteroatoms. The van der Waals surface area contributed by atoms with Gasteiger partial charge in [0.2, 0.25) is 5.91 Å². The first-order chi connectivity index (χ1) is 16.5. The Labute approximate surface area is 207 Å². The summed E-state index contributed by atoms with van der Waals surface area (Å²) in [6.07, 6.45) is 0. The number of aryl methyl sites for hydroxylation is 1. The molecule has 0 saturated heterocycles. The number of carbonyl (C=O) groups excluding carboxylic acids is 1. The summed E-state index contributed by atoms with van der Waals surface area (Å²) in [5.74, 6) is 1.89. The van der Waals surface area contributed by atoms with Gasteiger partial charge in [-0.05, 0) is 55.0 Å². The lowest BCUT2D eigenvalue weighted by atomic mass is 10.2. The molecule has 0 bridgehead atoms. The van der Waals surface area contributed by atoms with Crippen molar-refractivity contribution in [1.29, 1.82) is 0 Å². The second-order valence-electron chi connectivity index (χ2n) is 7.31. The van der Waals surface area contributed by atoms with Crippen LogP contribution < -0.4 is 14.8 Å². The molecule has 0 aliphatic carbocycles. The molecule has 0 fully saturated rings. The molecular formula is C25H23ClN4O3S. The molecule has 0 aliphatic heterocycles. The molecule has 1 N–H and O–H groups in total. The number of rotatable bonds is 9. The lowest BCUT2D eigenvalue weighted by Crippen LogP contribution is -2.15. The number of thioether (sulfide) groups is 1. The summed E-state index contributed by atoms with van der Waals surface area (Å²) in [6, 6.07) is 22.5. The normalized spacial score (nSPS) is 10.7. The van der Waals surface area contributed by atoms with Gasteiger partial charge in [0.05, 0.1) is 18.6 Å². The molecule has 0 saturated carbocycles. The number of amides is 1. The van der Waals surface area contributed by atoms with Gasteiger partial charge < -0.3 is 14.8 Å². The summed E-state index contributed by atoms with van der Waals surface area (Å²) >= 11 is 7.40. The summed E-state index contributed by atoms with van der Waals surface area (Å²) < 4.78 is 13.1. The summed E-state index contributed by atoms with van der Waals surface area (Å²) in [4.78, 5) is 12.6. The van der Waals surface area contributed by atoms with Crippen molar-refractivity contribution in [2.24, 2.45) is 0 Å². The van der Waals surface area contributed by atoms with Gasteiger partial charge in [-0.15, -0.1) is 10.2 Å². The fourth-order valence-electron chi connectivity index (χ4n) is 3.24. The van der Waals surface area contributed by atoms with E-state index in [1.165, 1.54) is 11.8 Å². The fraction of sp³-hybridized carbons (Fsp3) is 0.160. The van der Waals surface area contributed by atoms with Crippen LogP contribution in [0.5, 0.6) is 11.5 Å². The minimum atomic E-state index is -0.174. The third kappa shape index (κ3) is 5.70. The van der Waals surface area contributed by atoms with E-state index < -0.39 is 0 Å². The van der Waals surface area contributed by atoms with Crippen LogP contribution in [0.15, 0.2) is 78.0 Å². The van der Waals surface area contributed by atoms with Gasteiger partial charge in [0.15, 0.2) is 11.0 Å². The van der Waals surface area contributed by atoms with Crippen molar-refractivity contribution in [3.05, 3.63) is 89.2 Å². The Morgan fingerprint density at radius 1 is 1.06 bits per heavy atom. The highest BCUT2D eigenvalue weighted by Crippen LogP contribution is 2.26. The Morgan fingerprint density at radius 2 is 1.82 bits per heavy atom. The summed E-state index contributed by atoms with van der Waals surface area (Å²) in [5.41, 5.74) is 2.43. The molecule has 3 aromatic carbocycles. The molecule has 0 radical (unpaired) electrons. The molecule has 1 amide bonds. The zero-order chi connectivity index (χ0) is 23.9. The number of hydrogen-bond acceptors (Lipinski definition) is 6. The third-order valence-corrected chi connectivity index (χ3v) is 6.28. The number of hydrogen-bond donors (Lipinski definition) is 1. The van der Waals surface area contributed by atoms with Crippen LogP contribution in [-0.4, -0.2) is 33.5 Å². The van der Waals surface area contributed by atoms with Gasteiger partial charge >= 0.3 is 0 Å². The molecule has 174 valence electrons. The van der Waals surface area contributed by atoms with Gasteiger partial charge in [-0.2, -0.15) is 0 Å². The molecule has 0 atom stereocenters. The second-order valence-corrected chi connectivity index (χ2v) is 8.66. The van der Waals surface area contributed by atoms with Crippen molar-refractivity contribution in [3.63, 3.8) is 0 Å². The predicted octanol–water partition coefficient (Wildman–Crippen LogP) is 5.55. The van der Waals surface area contributed by atoms with Crippen molar-refractivity contribution >= 4 is 35.0 Å². The second kappa shape index (κ2) is 11.1. The number of para-hydroxylation sites is 3. The minimum absolute atomic E-state index is 0.153. The van der Waals surface area contributed by atoms with E-state index in [4.69, 9.17) is 21.1 Å². The number of carbonyl (C=O) groups is 1. The van der Waals surface area contributed by atoms with E-state index >= 15 is 0 Å². The highest BCUT2D eigenvalue weighted by molar-refractivity contribution is 7.99. The maximum absolute atomic E-state index is 12.6. The van der Waals surface area contributed by atoms with Crippen LogP contribution in [0, 0.1) is 6.92 Å². The molecule has 0 aliphatic rings. The molecule has 0 spiro atoms. The topological polar surface area (TPSA) is 78.3 Å². The van der Waals surface area contributed by atoms with Crippen molar-refractivity contribution in [2.75, 3.05) is 18.2 Å². The fourth-order valence-corrected chi connectivity index (χ4v) is 4.13. The van der Waals surface area contributed by atoms with E-state index in [-0.39, 0.29) is 18.3 Å². The van der Waals surface area contributed by atoms with Crippen molar-refractivity contribution in [1.82, 2.24) is 14.8 Å². The highest BCUT2D eigenvalue weighted by atomic mass is 35.5. The van der Waals surface area contributed by atoms with Gasteiger partial charge in [0, 0.05) is 10.7 Å². The van der Waals surface area contributed by atoms with Crippen LogP contribution in [0.1, 0.15) is 11.4 Å². The number of aromatic nitrogens is 3. The Morgan fingerprint density at radius 3 is 2.59 bits per heavy atom. The number of halogens is 1. The highest BCUT2D eigenvalue weighted by Gasteiger charge is 2.17. The first kappa shape index (κ1) is 23.7. The molecule has 1 heterocycles. The molecule has 0 unspecified atom stereocenters. The Balaban J connectivity index is 1.50. The Bertz CT molecular complexity index is 1280. The largest absolute Gasteiger partial charge is 0.495 e. The van der Waals surface area contributed by atoms with Gasteiger partial charge in [-0.25, -0.2) is 0 Å².